The number of alkyl carbamates (subject to hydrolysis) is 1. The second-order valence-corrected chi connectivity index (χ2v) is 7.97. The van der Waals surface area contributed by atoms with E-state index in [4.69, 9.17) is 23.7 Å². The van der Waals surface area contributed by atoms with Gasteiger partial charge in [-0.2, -0.15) is 0 Å². The number of hydrogen-bond acceptors (Lipinski definition) is 8. The quantitative estimate of drug-likeness (QED) is 0.579. The number of morpholine rings is 1. The molecule has 0 aromatic heterocycles. The molecular weight excluding hydrogens is 444 g/mol. The van der Waals surface area contributed by atoms with Crippen molar-refractivity contribution in [3.63, 3.8) is 0 Å². The summed E-state index contributed by atoms with van der Waals surface area (Å²) in [5, 5.41) is 2.62. The predicted molar refractivity (Wildman–Crippen MR) is 118 cm³/mol. The van der Waals surface area contributed by atoms with Gasteiger partial charge in [-0.3, -0.25) is 4.79 Å². The van der Waals surface area contributed by atoms with Crippen molar-refractivity contribution in [1.82, 2.24) is 10.2 Å². The standard InChI is InChI=1S/C24H26N2O8/c1-30-18-10-8-16(9-11-18)12-26-15-24(33-19(21(26)27)20(34-24)22(28)31-2)14-25-23(29)32-13-17-6-4-3-5-7-17/h3-11,19-20H,12-15H2,1-2H3,(H,25,29)/t19-,20-,24-/m1/s1. The van der Waals surface area contributed by atoms with Crippen molar-refractivity contribution in [2.24, 2.45) is 0 Å². The minimum Gasteiger partial charge on any atom is -0.497 e. The predicted octanol–water partition coefficient (Wildman–Crippen LogP) is 1.62. The smallest absolute Gasteiger partial charge is 0.407 e. The molecule has 0 unspecified atom stereocenters. The van der Waals surface area contributed by atoms with Crippen LogP contribution in [0.3, 0.4) is 0 Å². The maximum atomic E-state index is 13.1. The van der Waals surface area contributed by atoms with Gasteiger partial charge in [-0.1, -0.05) is 42.5 Å². The summed E-state index contributed by atoms with van der Waals surface area (Å²) in [6.45, 7) is 0.231. The first kappa shape index (κ1) is 23.5. The molecule has 3 atom stereocenters. The Morgan fingerprint density at radius 2 is 1.79 bits per heavy atom. The Hall–Kier alpha value is -3.63. The highest BCUT2D eigenvalue weighted by atomic mass is 16.8. The summed E-state index contributed by atoms with van der Waals surface area (Å²) in [6.07, 6.45) is -3.09. The number of benzene rings is 2. The third-order valence-corrected chi connectivity index (χ3v) is 5.63. The van der Waals surface area contributed by atoms with Crippen molar-refractivity contribution < 1.29 is 38.1 Å². The van der Waals surface area contributed by atoms with Gasteiger partial charge < -0.3 is 33.9 Å². The fourth-order valence-electron chi connectivity index (χ4n) is 3.91. The van der Waals surface area contributed by atoms with Crippen molar-refractivity contribution in [2.45, 2.75) is 31.1 Å². The lowest BCUT2D eigenvalue weighted by Crippen LogP contribution is -2.58. The van der Waals surface area contributed by atoms with Crippen molar-refractivity contribution in [2.75, 3.05) is 27.3 Å². The van der Waals surface area contributed by atoms with Crippen LogP contribution in [0.1, 0.15) is 11.1 Å². The van der Waals surface area contributed by atoms with Crippen LogP contribution in [0.2, 0.25) is 0 Å². The second-order valence-electron chi connectivity index (χ2n) is 7.97. The minimum absolute atomic E-state index is 0.000816. The molecule has 1 N–H and O–H groups in total. The lowest BCUT2D eigenvalue weighted by molar-refractivity contribution is -0.209. The Balaban J connectivity index is 1.44. The van der Waals surface area contributed by atoms with E-state index in [-0.39, 0.29) is 26.2 Å². The summed E-state index contributed by atoms with van der Waals surface area (Å²) >= 11 is 0. The molecule has 2 aliphatic rings. The number of nitrogens with zero attached hydrogens (tertiary/aromatic N) is 1. The van der Waals surface area contributed by atoms with Crippen molar-refractivity contribution in [3.05, 3.63) is 65.7 Å². The van der Waals surface area contributed by atoms with Gasteiger partial charge in [0.1, 0.15) is 12.4 Å². The van der Waals surface area contributed by atoms with Gasteiger partial charge in [0, 0.05) is 6.54 Å². The van der Waals surface area contributed by atoms with Gasteiger partial charge in [0.2, 0.25) is 5.79 Å². The molecule has 0 aliphatic carbocycles. The molecule has 4 rings (SSSR count). The molecule has 10 heteroatoms. The van der Waals surface area contributed by atoms with Crippen LogP contribution in [0.15, 0.2) is 54.6 Å². The Morgan fingerprint density at radius 1 is 1.06 bits per heavy atom. The Kier molecular flexibility index (Phi) is 6.99. The fraction of sp³-hybridized carbons (Fsp3) is 0.375. The molecule has 180 valence electrons. The third-order valence-electron chi connectivity index (χ3n) is 5.63. The fourth-order valence-corrected chi connectivity index (χ4v) is 3.91. The molecule has 2 amide bonds. The number of esters is 1. The van der Waals surface area contributed by atoms with Gasteiger partial charge in [0.15, 0.2) is 12.2 Å². The maximum absolute atomic E-state index is 13.1. The normalized spacial score (nSPS) is 23.4. The average molecular weight is 470 g/mol. The van der Waals surface area contributed by atoms with Crippen molar-refractivity contribution in [3.8, 4) is 5.75 Å². The topological polar surface area (TPSA) is 113 Å². The number of methoxy groups -OCH3 is 2. The van der Waals surface area contributed by atoms with E-state index in [1.807, 2.05) is 42.5 Å². The van der Waals surface area contributed by atoms with E-state index in [1.165, 1.54) is 12.0 Å². The molecule has 2 aromatic carbocycles. The number of fused-ring (bicyclic) bond motifs is 2. The summed E-state index contributed by atoms with van der Waals surface area (Å²) in [4.78, 5) is 39.1. The van der Waals surface area contributed by atoms with Crippen LogP contribution >= 0.6 is 0 Å². The van der Waals surface area contributed by atoms with Gasteiger partial charge in [0.25, 0.3) is 5.91 Å². The van der Waals surface area contributed by atoms with E-state index in [1.54, 1.807) is 19.2 Å². The summed E-state index contributed by atoms with van der Waals surface area (Å²) < 4.78 is 26.9. The van der Waals surface area contributed by atoms with Crippen LogP contribution in [0, 0.1) is 0 Å². The molecule has 2 bridgehead atoms. The number of ether oxygens (including phenoxy) is 5. The molecular formula is C24H26N2O8. The van der Waals surface area contributed by atoms with Gasteiger partial charge in [-0.05, 0) is 23.3 Å². The van der Waals surface area contributed by atoms with Crippen molar-refractivity contribution >= 4 is 18.0 Å². The lowest BCUT2D eigenvalue weighted by Gasteiger charge is -2.38. The van der Waals surface area contributed by atoms with E-state index < -0.39 is 36.0 Å². The minimum atomic E-state index is -1.42. The van der Waals surface area contributed by atoms with Crippen LogP contribution in [0.25, 0.3) is 0 Å². The van der Waals surface area contributed by atoms with E-state index in [0.717, 1.165) is 11.1 Å². The largest absolute Gasteiger partial charge is 0.497 e. The first-order valence-corrected chi connectivity index (χ1v) is 10.7. The van der Waals surface area contributed by atoms with E-state index in [9.17, 15) is 14.4 Å². The number of rotatable bonds is 8. The molecule has 10 nitrogen and oxygen atoms in total. The van der Waals surface area contributed by atoms with Crippen LogP contribution in [-0.2, 0) is 41.7 Å². The Bertz CT molecular complexity index is 1030. The zero-order valence-corrected chi connectivity index (χ0v) is 18.9. The molecule has 0 spiro atoms. The van der Waals surface area contributed by atoms with E-state index >= 15 is 0 Å². The zero-order valence-electron chi connectivity index (χ0n) is 18.9. The van der Waals surface area contributed by atoms with Crippen LogP contribution < -0.4 is 10.1 Å². The number of carbonyl (C=O) groups is 3. The maximum Gasteiger partial charge on any atom is 0.407 e. The van der Waals surface area contributed by atoms with Gasteiger partial charge >= 0.3 is 12.1 Å². The van der Waals surface area contributed by atoms with Gasteiger partial charge in [-0.15, -0.1) is 0 Å². The second kappa shape index (κ2) is 10.1. The number of amides is 2. The highest BCUT2D eigenvalue weighted by Crippen LogP contribution is 2.36. The van der Waals surface area contributed by atoms with Crippen molar-refractivity contribution in [1.29, 1.82) is 0 Å². The van der Waals surface area contributed by atoms with Crippen LogP contribution in [0.4, 0.5) is 4.79 Å². The van der Waals surface area contributed by atoms with Crippen LogP contribution in [0.5, 0.6) is 5.75 Å². The summed E-state index contributed by atoms with van der Waals surface area (Å²) in [6, 6.07) is 16.5. The number of hydrogen-bond donors (Lipinski definition) is 1. The number of carbonyl (C=O) groups excluding carboxylic acids is 3. The monoisotopic (exact) mass is 470 g/mol. The zero-order chi connectivity index (χ0) is 24.1. The first-order valence-electron chi connectivity index (χ1n) is 10.7. The molecule has 2 heterocycles. The molecule has 0 saturated carbocycles. The highest BCUT2D eigenvalue weighted by molar-refractivity contribution is 5.90. The van der Waals surface area contributed by atoms with E-state index in [2.05, 4.69) is 5.32 Å². The third kappa shape index (κ3) is 5.13. The summed E-state index contributed by atoms with van der Waals surface area (Å²) in [5.74, 6) is -1.85. The Labute approximate surface area is 196 Å². The first-order chi connectivity index (χ1) is 16.4. The highest BCUT2D eigenvalue weighted by Gasteiger charge is 2.59. The molecule has 2 fully saturated rings. The molecule has 2 saturated heterocycles. The molecule has 0 radical (unpaired) electrons. The van der Waals surface area contributed by atoms with Crippen LogP contribution in [-0.4, -0.2) is 68.2 Å². The SMILES string of the molecule is COC(=O)[C@@H]1O[C@]2(CNC(=O)OCc3ccccc3)CN(Cc3ccc(OC)cc3)C(=O)[C@@H]1O2. The molecule has 34 heavy (non-hydrogen) atoms. The summed E-state index contributed by atoms with van der Waals surface area (Å²) in [7, 11) is 2.78. The van der Waals surface area contributed by atoms with Gasteiger partial charge in [-0.25, -0.2) is 9.59 Å². The number of nitrogens with one attached hydrogen (secondary N) is 1. The summed E-state index contributed by atoms with van der Waals surface area (Å²) in [5.41, 5.74) is 1.69. The van der Waals surface area contributed by atoms with E-state index in [0.29, 0.717) is 5.75 Å². The Morgan fingerprint density at radius 3 is 2.47 bits per heavy atom. The molecule has 2 aromatic rings. The van der Waals surface area contributed by atoms with Gasteiger partial charge in [0.05, 0.1) is 27.3 Å². The lowest BCUT2D eigenvalue weighted by atomic mass is 10.1. The average Bonchev–Trinajstić information content (AvgIpc) is 3.20. The molecule has 2 aliphatic heterocycles.